The molecule has 1 amide bonds. The highest BCUT2D eigenvalue weighted by Gasteiger charge is 2.09. The summed E-state index contributed by atoms with van der Waals surface area (Å²) in [5, 5.41) is 11.5. The minimum atomic E-state index is -1.18. The average molecular weight is 347 g/mol. The van der Waals surface area contributed by atoms with Crippen molar-refractivity contribution in [2.24, 2.45) is 0 Å². The van der Waals surface area contributed by atoms with Crippen molar-refractivity contribution in [3.05, 3.63) is 70.5 Å². The van der Waals surface area contributed by atoms with Gasteiger partial charge in [0.1, 0.15) is 6.61 Å². The Hall–Kier alpha value is -2.86. The number of nitrogens with one attached hydrogen (secondary N) is 1. The van der Waals surface area contributed by atoms with E-state index < -0.39 is 12.1 Å². The van der Waals surface area contributed by atoms with E-state index >= 15 is 0 Å². The number of aromatic nitrogens is 1. The molecule has 0 fully saturated rings. The summed E-state index contributed by atoms with van der Waals surface area (Å²) in [5.41, 5.74) is 1.34. The second-order valence-electron chi connectivity index (χ2n) is 4.75. The van der Waals surface area contributed by atoms with E-state index in [0.717, 1.165) is 5.56 Å². The fourth-order valence-electron chi connectivity index (χ4n) is 1.81. The number of alkyl carbamates (subject to hydrolysis) is 1. The van der Waals surface area contributed by atoms with E-state index in [1.807, 2.05) is 30.3 Å². The zero-order valence-corrected chi connectivity index (χ0v) is 13.4. The van der Waals surface area contributed by atoms with Gasteiger partial charge < -0.3 is 15.2 Å². The molecule has 7 heteroatoms. The molecular weight excluding hydrogens is 332 g/mol. The van der Waals surface area contributed by atoms with E-state index in [9.17, 15) is 9.59 Å². The third kappa shape index (κ3) is 5.40. The Morgan fingerprint density at radius 3 is 2.71 bits per heavy atom. The van der Waals surface area contributed by atoms with Gasteiger partial charge in [-0.25, -0.2) is 14.6 Å². The van der Waals surface area contributed by atoms with Crippen molar-refractivity contribution in [2.75, 3.05) is 6.54 Å². The maximum atomic E-state index is 11.5. The van der Waals surface area contributed by atoms with E-state index in [-0.39, 0.29) is 23.9 Å². The van der Waals surface area contributed by atoms with Crippen LogP contribution in [-0.4, -0.2) is 28.7 Å². The molecule has 2 N–H and O–H groups in total. The second-order valence-corrected chi connectivity index (χ2v) is 5.16. The van der Waals surface area contributed by atoms with Crippen molar-refractivity contribution in [2.45, 2.75) is 6.61 Å². The van der Waals surface area contributed by atoms with E-state index in [1.165, 1.54) is 12.3 Å². The van der Waals surface area contributed by atoms with E-state index in [4.69, 9.17) is 21.4 Å². The molecule has 2 aromatic rings. The topological polar surface area (TPSA) is 88.5 Å². The highest BCUT2D eigenvalue weighted by atomic mass is 35.5. The second kappa shape index (κ2) is 8.69. The first-order valence-electron chi connectivity index (χ1n) is 7.06. The van der Waals surface area contributed by atoms with Crippen LogP contribution in [0.5, 0.6) is 0 Å². The highest BCUT2D eigenvalue weighted by molar-refractivity contribution is 6.33. The van der Waals surface area contributed by atoms with Crippen molar-refractivity contribution in [3.63, 3.8) is 0 Å². The molecule has 0 bridgehead atoms. The van der Waals surface area contributed by atoms with Crippen LogP contribution in [0, 0.1) is 0 Å². The molecule has 0 saturated heterocycles. The van der Waals surface area contributed by atoms with Crippen molar-refractivity contribution >= 4 is 29.7 Å². The molecule has 0 aliphatic carbocycles. The number of carboxylic acid groups (broad SMARTS) is 1. The number of amides is 1. The predicted molar refractivity (Wildman–Crippen MR) is 89.9 cm³/mol. The smallest absolute Gasteiger partial charge is 0.407 e. The highest BCUT2D eigenvalue weighted by Crippen LogP contribution is 2.16. The van der Waals surface area contributed by atoms with Gasteiger partial charge in [0.15, 0.2) is 5.69 Å². The quantitative estimate of drug-likeness (QED) is 0.837. The molecule has 6 nitrogen and oxygen atoms in total. The number of carbonyl (C=O) groups excluding carboxylic acids is 1. The Bertz CT molecular complexity index is 748. The first-order chi connectivity index (χ1) is 11.6. The number of hydrogen-bond donors (Lipinski definition) is 2. The number of nitrogens with zero attached hydrogens (tertiary/aromatic N) is 1. The fourth-order valence-corrected chi connectivity index (χ4v) is 2.07. The molecule has 0 aliphatic rings. The lowest BCUT2D eigenvalue weighted by Crippen LogP contribution is -2.24. The number of ether oxygens (including phenoxy) is 1. The zero-order valence-electron chi connectivity index (χ0n) is 12.6. The van der Waals surface area contributed by atoms with Crippen molar-refractivity contribution < 1.29 is 19.4 Å². The van der Waals surface area contributed by atoms with Gasteiger partial charge in [0.2, 0.25) is 0 Å². The van der Waals surface area contributed by atoms with Gasteiger partial charge in [0, 0.05) is 12.7 Å². The van der Waals surface area contributed by atoms with Crippen LogP contribution in [0.2, 0.25) is 5.02 Å². The minimum Gasteiger partial charge on any atom is -0.476 e. The van der Waals surface area contributed by atoms with Crippen LogP contribution in [0.25, 0.3) is 6.08 Å². The van der Waals surface area contributed by atoms with E-state index in [2.05, 4.69) is 10.3 Å². The van der Waals surface area contributed by atoms with Crippen LogP contribution in [0.15, 0.2) is 48.7 Å². The van der Waals surface area contributed by atoms with Gasteiger partial charge in [0.05, 0.1) is 5.02 Å². The van der Waals surface area contributed by atoms with Gasteiger partial charge in [-0.3, -0.25) is 0 Å². The summed E-state index contributed by atoms with van der Waals surface area (Å²) in [6.45, 7) is 0.457. The first-order valence-corrected chi connectivity index (χ1v) is 7.44. The standard InChI is InChI=1S/C17H15ClN2O4/c18-14-9-13(10-20-15(14)16(21)22)7-4-8-19-17(23)24-11-12-5-2-1-3-6-12/h1-7,9-10H,8,11H2,(H,19,23)(H,21,22). The summed E-state index contributed by atoms with van der Waals surface area (Å²) in [6.07, 6.45) is 4.21. The van der Waals surface area contributed by atoms with Crippen LogP contribution in [0.3, 0.4) is 0 Å². The maximum Gasteiger partial charge on any atom is 0.407 e. The Kier molecular flexibility index (Phi) is 6.33. The van der Waals surface area contributed by atoms with Crippen molar-refractivity contribution in [1.82, 2.24) is 10.3 Å². The summed E-state index contributed by atoms with van der Waals surface area (Å²) in [5.74, 6) is -1.18. The number of benzene rings is 1. The Labute approximate surface area is 143 Å². The molecular formula is C17H15ClN2O4. The normalized spacial score (nSPS) is 10.5. The Morgan fingerprint density at radius 1 is 1.29 bits per heavy atom. The number of halogens is 1. The van der Waals surface area contributed by atoms with Gasteiger partial charge >= 0.3 is 12.1 Å². The third-order valence-corrected chi connectivity index (χ3v) is 3.24. The van der Waals surface area contributed by atoms with Crippen LogP contribution < -0.4 is 5.32 Å². The molecule has 124 valence electrons. The third-order valence-electron chi connectivity index (χ3n) is 2.95. The Morgan fingerprint density at radius 2 is 2.04 bits per heavy atom. The zero-order chi connectivity index (χ0) is 17.4. The molecule has 0 aliphatic heterocycles. The average Bonchev–Trinajstić information content (AvgIpc) is 2.57. The monoisotopic (exact) mass is 346 g/mol. The lowest BCUT2D eigenvalue weighted by Gasteiger charge is -2.05. The van der Waals surface area contributed by atoms with Crippen molar-refractivity contribution in [1.29, 1.82) is 0 Å². The SMILES string of the molecule is O=C(NCC=Cc1cnc(C(=O)O)c(Cl)c1)OCc1ccccc1. The fraction of sp³-hybridized carbons (Fsp3) is 0.118. The number of carbonyl (C=O) groups is 2. The van der Waals surface area contributed by atoms with E-state index in [0.29, 0.717) is 5.56 Å². The summed E-state index contributed by atoms with van der Waals surface area (Å²) in [4.78, 5) is 26.1. The number of hydrogen-bond acceptors (Lipinski definition) is 4. The maximum absolute atomic E-state index is 11.5. The van der Waals surface area contributed by atoms with Crippen LogP contribution in [0.1, 0.15) is 21.6 Å². The summed E-state index contributed by atoms with van der Waals surface area (Å²) in [6, 6.07) is 10.8. The number of rotatable bonds is 6. The van der Waals surface area contributed by atoms with E-state index in [1.54, 1.807) is 12.2 Å². The lowest BCUT2D eigenvalue weighted by molar-refractivity contribution is 0.0690. The predicted octanol–water partition coefficient (Wildman–Crippen LogP) is 3.37. The summed E-state index contributed by atoms with van der Waals surface area (Å²) in [7, 11) is 0. The molecule has 0 spiro atoms. The number of pyridine rings is 1. The molecule has 2 rings (SSSR count). The molecule has 0 unspecified atom stereocenters. The molecule has 1 aromatic heterocycles. The number of aromatic carboxylic acids is 1. The van der Waals surface area contributed by atoms with Gasteiger partial charge in [-0.05, 0) is 17.2 Å². The lowest BCUT2D eigenvalue weighted by atomic mass is 10.2. The molecule has 0 radical (unpaired) electrons. The summed E-state index contributed by atoms with van der Waals surface area (Å²) < 4.78 is 5.06. The minimum absolute atomic E-state index is 0.0554. The largest absolute Gasteiger partial charge is 0.476 e. The molecule has 1 aromatic carbocycles. The summed E-state index contributed by atoms with van der Waals surface area (Å²) >= 11 is 5.82. The van der Waals surface area contributed by atoms with Crippen LogP contribution >= 0.6 is 11.6 Å². The van der Waals surface area contributed by atoms with Gasteiger partial charge in [-0.15, -0.1) is 0 Å². The Balaban J connectivity index is 1.77. The van der Waals surface area contributed by atoms with Gasteiger partial charge in [-0.1, -0.05) is 54.1 Å². The molecule has 24 heavy (non-hydrogen) atoms. The van der Waals surface area contributed by atoms with Crippen molar-refractivity contribution in [3.8, 4) is 0 Å². The van der Waals surface area contributed by atoms with Gasteiger partial charge in [-0.2, -0.15) is 0 Å². The van der Waals surface area contributed by atoms with Crippen LogP contribution in [0.4, 0.5) is 4.79 Å². The molecule has 0 atom stereocenters. The molecule has 1 heterocycles. The van der Waals surface area contributed by atoms with Crippen LogP contribution in [-0.2, 0) is 11.3 Å². The van der Waals surface area contributed by atoms with Gasteiger partial charge in [0.25, 0.3) is 0 Å². The first kappa shape index (κ1) is 17.5. The number of carboxylic acids is 1. The molecule has 0 saturated carbocycles.